The lowest BCUT2D eigenvalue weighted by atomic mass is 9.93. The zero-order chi connectivity index (χ0) is 24.8. The Balaban J connectivity index is 2.19. The van der Waals surface area contributed by atoms with Crippen molar-refractivity contribution in [2.45, 2.75) is 32.4 Å². The summed E-state index contributed by atoms with van der Waals surface area (Å²) in [4.78, 5) is 44.9. The number of carbonyl (C=O) groups is 2. The van der Waals surface area contributed by atoms with Crippen molar-refractivity contribution < 1.29 is 28.4 Å². The fourth-order valence-electron chi connectivity index (χ4n) is 3.28. The summed E-state index contributed by atoms with van der Waals surface area (Å²) in [6.45, 7) is 3.08. The minimum Gasteiger partial charge on any atom is -0.463 e. The second-order valence-electron chi connectivity index (χ2n) is 6.88. The summed E-state index contributed by atoms with van der Waals surface area (Å²) in [6.07, 6.45) is 1.02. The average molecular weight is 511 g/mol. The number of aromatic nitrogens is 1. The molecule has 10 nitrogen and oxygen atoms in total. The van der Waals surface area contributed by atoms with Gasteiger partial charge in [0.25, 0.3) is 0 Å². The maximum atomic E-state index is 13.7. The van der Waals surface area contributed by atoms with E-state index in [0.717, 1.165) is 12.1 Å². The van der Waals surface area contributed by atoms with E-state index < -0.39 is 41.2 Å². The van der Waals surface area contributed by atoms with Crippen molar-refractivity contribution in [3.8, 4) is 0 Å². The molecule has 0 aliphatic carbocycles. The Morgan fingerprint density at radius 1 is 1.32 bits per heavy atom. The van der Waals surface area contributed by atoms with Crippen LogP contribution in [0.15, 0.2) is 46.0 Å². The highest BCUT2D eigenvalue weighted by molar-refractivity contribution is 7.11. The van der Waals surface area contributed by atoms with Crippen LogP contribution in [0.3, 0.4) is 0 Å². The van der Waals surface area contributed by atoms with Gasteiger partial charge in [0.2, 0.25) is 0 Å². The van der Waals surface area contributed by atoms with E-state index in [-0.39, 0.29) is 40.9 Å². The fraction of sp³-hybridized carbons (Fsp3) is 0.333. The van der Waals surface area contributed by atoms with Crippen molar-refractivity contribution in [2.24, 2.45) is 4.99 Å². The molecule has 1 aromatic heterocycles. The van der Waals surface area contributed by atoms with Crippen molar-refractivity contribution in [2.75, 3.05) is 13.2 Å². The van der Waals surface area contributed by atoms with Crippen molar-refractivity contribution in [1.82, 2.24) is 10.3 Å². The Bertz CT molecular complexity index is 1150. The molecule has 0 saturated heterocycles. The van der Waals surface area contributed by atoms with Crippen molar-refractivity contribution >= 4 is 40.7 Å². The monoisotopic (exact) mass is 510 g/mol. The number of carbonyl (C=O) groups excluding carboxylic acids is 2. The number of ether oxygens (including phenoxy) is 2. The highest BCUT2D eigenvalue weighted by Crippen LogP contribution is 2.37. The van der Waals surface area contributed by atoms with Crippen molar-refractivity contribution in [3.63, 3.8) is 0 Å². The van der Waals surface area contributed by atoms with Crippen molar-refractivity contribution in [1.29, 1.82) is 0 Å². The van der Waals surface area contributed by atoms with Gasteiger partial charge in [-0.1, -0.05) is 17.7 Å². The van der Waals surface area contributed by atoms with E-state index in [2.05, 4.69) is 15.3 Å². The zero-order valence-corrected chi connectivity index (χ0v) is 19.7. The van der Waals surface area contributed by atoms with E-state index >= 15 is 0 Å². The number of nitro groups is 1. The van der Waals surface area contributed by atoms with E-state index in [1.807, 2.05) is 0 Å². The summed E-state index contributed by atoms with van der Waals surface area (Å²) in [6, 6.07) is 0.689. The predicted molar refractivity (Wildman–Crippen MR) is 122 cm³/mol. The maximum absolute atomic E-state index is 13.7. The highest BCUT2D eigenvalue weighted by Gasteiger charge is 2.39. The van der Waals surface area contributed by atoms with E-state index in [1.54, 1.807) is 12.3 Å². The molecule has 0 amide bonds. The third-order valence-electron chi connectivity index (χ3n) is 4.72. The van der Waals surface area contributed by atoms with Gasteiger partial charge < -0.3 is 14.8 Å². The maximum Gasteiger partial charge on any atom is 0.382 e. The molecule has 0 fully saturated rings. The molecule has 180 valence electrons. The number of halogens is 2. The Kier molecular flexibility index (Phi) is 8.29. The molecule has 3 rings (SSSR count). The number of thiazole rings is 1. The molecule has 2 heterocycles. The first kappa shape index (κ1) is 25.2. The van der Waals surface area contributed by atoms with Gasteiger partial charge >= 0.3 is 18.0 Å². The first-order valence-corrected chi connectivity index (χ1v) is 11.4. The number of rotatable bonds is 9. The molecular weight excluding hydrogens is 491 g/mol. The second kappa shape index (κ2) is 11.2. The number of nitrogens with zero attached hydrogens (tertiary/aromatic N) is 3. The molecule has 2 unspecified atom stereocenters. The minimum absolute atomic E-state index is 0.00786. The number of hydrogen-bond donors (Lipinski definition) is 1. The quantitative estimate of drug-likeness (QED) is 0.308. The van der Waals surface area contributed by atoms with Crippen LogP contribution in [0.5, 0.6) is 0 Å². The Labute approximate surface area is 202 Å². The van der Waals surface area contributed by atoms with Crippen LogP contribution in [0, 0.1) is 15.9 Å². The number of esters is 2. The summed E-state index contributed by atoms with van der Waals surface area (Å²) in [7, 11) is 0. The molecule has 34 heavy (non-hydrogen) atoms. The molecule has 2 aromatic rings. The summed E-state index contributed by atoms with van der Waals surface area (Å²) < 4.78 is 23.7. The Morgan fingerprint density at radius 2 is 2.06 bits per heavy atom. The SMILES string of the molecule is CCOC(=O)C1=C(CC(C(=O)OCC)[N+](=O)[O-])NC(c2nccs2)=NC1c1ccc(F)cc1Cl. The molecule has 1 N–H and O–H groups in total. The molecule has 0 spiro atoms. The van der Waals surface area contributed by atoms with Crippen LogP contribution in [-0.4, -0.2) is 46.9 Å². The van der Waals surface area contributed by atoms with E-state index in [1.165, 1.54) is 30.5 Å². The predicted octanol–water partition coefficient (Wildman–Crippen LogP) is 3.44. The average Bonchev–Trinajstić information content (AvgIpc) is 3.32. The third kappa shape index (κ3) is 5.57. The van der Waals surface area contributed by atoms with Gasteiger partial charge in [0, 0.05) is 32.8 Å². The number of hydrogen-bond acceptors (Lipinski definition) is 10. The van der Waals surface area contributed by atoms with Gasteiger partial charge in [0.05, 0.1) is 25.2 Å². The van der Waals surface area contributed by atoms with E-state index in [9.17, 15) is 24.1 Å². The number of amidine groups is 1. The lowest BCUT2D eigenvalue weighted by Gasteiger charge is -2.27. The largest absolute Gasteiger partial charge is 0.463 e. The smallest absolute Gasteiger partial charge is 0.382 e. The van der Waals surface area contributed by atoms with Crippen LogP contribution in [0.4, 0.5) is 4.39 Å². The number of nitrogens with one attached hydrogen (secondary N) is 1. The van der Waals surface area contributed by atoms with Crippen LogP contribution in [-0.2, 0) is 19.1 Å². The summed E-state index contributed by atoms with van der Waals surface area (Å²) >= 11 is 7.51. The van der Waals surface area contributed by atoms with Crippen LogP contribution in [0.2, 0.25) is 5.02 Å². The van der Waals surface area contributed by atoms with Gasteiger partial charge in [-0.25, -0.2) is 19.0 Å². The molecule has 13 heteroatoms. The highest BCUT2D eigenvalue weighted by atomic mass is 35.5. The standard InChI is InChI=1S/C21H20ClFN4O6S/c1-3-32-20(28)15(27(30)31)10-14-16(21(29)33-4-2)17(12-6-5-11(23)9-13(12)22)26-18(25-14)19-24-7-8-34-19/h5-9,15,17H,3-4,10H2,1-2H3,(H,25,26). The second-order valence-corrected chi connectivity index (χ2v) is 8.18. The van der Waals surface area contributed by atoms with Crippen LogP contribution < -0.4 is 5.32 Å². The first-order chi connectivity index (χ1) is 16.3. The van der Waals surface area contributed by atoms with Crippen LogP contribution in [0.1, 0.15) is 36.9 Å². The summed E-state index contributed by atoms with van der Waals surface area (Å²) in [5.74, 6) is -2.26. The zero-order valence-electron chi connectivity index (χ0n) is 18.1. The molecule has 1 aromatic carbocycles. The lowest BCUT2D eigenvalue weighted by Crippen LogP contribution is -2.39. The van der Waals surface area contributed by atoms with Gasteiger partial charge in [0.1, 0.15) is 11.9 Å². The molecule has 1 aliphatic rings. The molecule has 1 aliphatic heterocycles. The van der Waals surface area contributed by atoms with Gasteiger partial charge in [-0.15, -0.1) is 11.3 Å². The Morgan fingerprint density at radius 3 is 2.65 bits per heavy atom. The number of benzene rings is 1. The van der Waals surface area contributed by atoms with Gasteiger partial charge in [-0.3, -0.25) is 15.1 Å². The minimum atomic E-state index is -1.80. The van der Waals surface area contributed by atoms with Crippen molar-refractivity contribution in [3.05, 3.63) is 72.6 Å². The normalized spacial score (nSPS) is 16.4. The summed E-state index contributed by atoms with van der Waals surface area (Å²) in [5, 5.41) is 16.7. The molecule has 0 bridgehead atoms. The topological polar surface area (TPSA) is 133 Å². The molecule has 2 atom stereocenters. The third-order valence-corrected chi connectivity index (χ3v) is 5.83. The van der Waals surface area contributed by atoms with Crippen LogP contribution in [0.25, 0.3) is 0 Å². The fourth-order valence-corrected chi connectivity index (χ4v) is 4.14. The van der Waals surface area contributed by atoms with Gasteiger partial charge in [-0.2, -0.15) is 0 Å². The first-order valence-electron chi connectivity index (χ1n) is 10.2. The lowest BCUT2D eigenvalue weighted by molar-refractivity contribution is -0.510. The molecule has 0 radical (unpaired) electrons. The van der Waals surface area contributed by atoms with Gasteiger partial charge in [0.15, 0.2) is 10.8 Å². The number of aliphatic imine (C=N–C) groups is 1. The van der Waals surface area contributed by atoms with E-state index in [0.29, 0.717) is 5.01 Å². The van der Waals surface area contributed by atoms with E-state index in [4.69, 9.17) is 21.1 Å². The summed E-state index contributed by atoms with van der Waals surface area (Å²) in [5.41, 5.74) is 0.207. The van der Waals surface area contributed by atoms with Gasteiger partial charge in [-0.05, 0) is 26.0 Å². The Hall–Kier alpha value is -3.38. The molecule has 0 saturated carbocycles. The van der Waals surface area contributed by atoms with Crippen LogP contribution >= 0.6 is 22.9 Å². The molecular formula is C21H20ClFN4O6S.